The standard InChI is InChI=1S/C19H23NOS/c1-19(2,3)22(21)20-18-13-17(14-9-5-4-6-10-14)15-11-7-8-12-16(15)18/h4-12,17-18,20H,13H2,1-3H3/t17-,18-,22+/m0/s1. The maximum absolute atomic E-state index is 12.5. The van der Waals surface area contributed by atoms with Gasteiger partial charge in [-0.2, -0.15) is 0 Å². The van der Waals surface area contributed by atoms with Crippen LogP contribution in [0.5, 0.6) is 0 Å². The molecule has 0 fully saturated rings. The lowest BCUT2D eigenvalue weighted by molar-refractivity contribution is 0.517. The lowest BCUT2D eigenvalue weighted by Crippen LogP contribution is -2.40. The van der Waals surface area contributed by atoms with Crippen LogP contribution < -0.4 is 4.72 Å². The van der Waals surface area contributed by atoms with Crippen LogP contribution in [0.2, 0.25) is 0 Å². The van der Waals surface area contributed by atoms with E-state index >= 15 is 0 Å². The Labute approximate surface area is 136 Å². The van der Waals surface area contributed by atoms with Crippen LogP contribution in [-0.4, -0.2) is 9.30 Å². The van der Waals surface area contributed by atoms with Crippen molar-refractivity contribution in [2.24, 2.45) is 0 Å². The van der Waals surface area contributed by atoms with E-state index in [-0.39, 0.29) is 10.8 Å². The van der Waals surface area contributed by atoms with Gasteiger partial charge in [-0.1, -0.05) is 54.6 Å². The van der Waals surface area contributed by atoms with Crippen molar-refractivity contribution in [2.45, 2.75) is 43.9 Å². The number of nitrogens with one attached hydrogen (secondary N) is 1. The molecule has 0 spiro atoms. The monoisotopic (exact) mass is 313 g/mol. The van der Waals surface area contributed by atoms with Crippen LogP contribution >= 0.6 is 0 Å². The Kier molecular flexibility index (Phi) is 4.31. The first kappa shape index (κ1) is 15.6. The zero-order valence-electron chi connectivity index (χ0n) is 13.4. The number of hydrogen-bond donors (Lipinski definition) is 1. The smallest absolute Gasteiger partial charge is 0.136 e. The third-order valence-electron chi connectivity index (χ3n) is 4.23. The summed E-state index contributed by atoms with van der Waals surface area (Å²) in [6.45, 7) is 6.02. The summed E-state index contributed by atoms with van der Waals surface area (Å²) in [5, 5.41) is 0. The Morgan fingerprint density at radius 2 is 1.55 bits per heavy atom. The molecule has 0 saturated carbocycles. The fourth-order valence-corrected chi connectivity index (χ4v) is 3.89. The molecule has 0 radical (unpaired) electrons. The van der Waals surface area contributed by atoms with E-state index in [1.807, 2.05) is 20.8 Å². The second-order valence-corrected chi connectivity index (χ2v) is 8.88. The van der Waals surface area contributed by atoms with Crippen molar-refractivity contribution in [3.8, 4) is 0 Å². The zero-order chi connectivity index (χ0) is 15.7. The summed E-state index contributed by atoms with van der Waals surface area (Å²) in [6.07, 6.45) is 0.963. The average molecular weight is 313 g/mol. The van der Waals surface area contributed by atoms with Crippen LogP contribution in [0, 0.1) is 0 Å². The molecule has 116 valence electrons. The molecule has 0 saturated heterocycles. The third-order valence-corrected chi connectivity index (χ3v) is 5.84. The molecule has 1 aliphatic rings. The minimum Gasteiger partial charge on any atom is -0.598 e. The molecule has 2 nitrogen and oxygen atoms in total. The summed E-state index contributed by atoms with van der Waals surface area (Å²) in [7, 11) is 0. The predicted molar refractivity (Wildman–Crippen MR) is 93.1 cm³/mol. The van der Waals surface area contributed by atoms with Crippen LogP contribution in [0.15, 0.2) is 54.6 Å². The lowest BCUT2D eigenvalue weighted by atomic mass is 9.93. The number of benzene rings is 2. The first-order valence-electron chi connectivity index (χ1n) is 7.78. The summed E-state index contributed by atoms with van der Waals surface area (Å²) in [4.78, 5) is 0. The molecule has 1 N–H and O–H groups in total. The normalized spacial score (nSPS) is 22.4. The molecule has 0 bridgehead atoms. The number of rotatable bonds is 3. The minimum atomic E-state index is -1.06. The third kappa shape index (κ3) is 3.07. The zero-order valence-corrected chi connectivity index (χ0v) is 14.2. The molecular formula is C19H23NOS. The van der Waals surface area contributed by atoms with E-state index in [1.54, 1.807) is 0 Å². The molecule has 2 aromatic rings. The Bertz CT molecular complexity index is 635. The van der Waals surface area contributed by atoms with E-state index in [2.05, 4.69) is 59.3 Å². The highest BCUT2D eigenvalue weighted by atomic mass is 32.2. The van der Waals surface area contributed by atoms with Gasteiger partial charge in [-0.25, -0.2) is 0 Å². The highest BCUT2D eigenvalue weighted by molar-refractivity contribution is 7.90. The van der Waals surface area contributed by atoms with Gasteiger partial charge in [0.25, 0.3) is 0 Å². The van der Waals surface area contributed by atoms with Crippen molar-refractivity contribution >= 4 is 11.4 Å². The average Bonchev–Trinajstić information content (AvgIpc) is 2.86. The van der Waals surface area contributed by atoms with E-state index in [9.17, 15) is 4.55 Å². The van der Waals surface area contributed by atoms with Crippen LogP contribution in [-0.2, 0) is 11.4 Å². The van der Waals surface area contributed by atoms with Crippen molar-refractivity contribution in [1.29, 1.82) is 0 Å². The van der Waals surface area contributed by atoms with E-state index in [0.717, 1.165) is 6.42 Å². The van der Waals surface area contributed by atoms with Gasteiger partial charge >= 0.3 is 0 Å². The maximum Gasteiger partial charge on any atom is 0.136 e. The van der Waals surface area contributed by atoms with Crippen molar-refractivity contribution in [3.63, 3.8) is 0 Å². The molecule has 0 aliphatic heterocycles. The molecule has 0 amide bonds. The summed E-state index contributed by atoms with van der Waals surface area (Å²) in [6, 6.07) is 19.3. The SMILES string of the molecule is CC(C)(C)[S@@+]([O-])N[C@H]1C[C@@H](c2ccccc2)c2ccccc21. The van der Waals surface area contributed by atoms with Crippen molar-refractivity contribution in [1.82, 2.24) is 4.72 Å². The fraction of sp³-hybridized carbons (Fsp3) is 0.368. The van der Waals surface area contributed by atoms with Crippen LogP contribution in [0.3, 0.4) is 0 Å². The van der Waals surface area contributed by atoms with Crippen LogP contribution in [0.25, 0.3) is 0 Å². The van der Waals surface area contributed by atoms with Gasteiger partial charge in [0.1, 0.15) is 4.75 Å². The molecule has 1 aliphatic carbocycles. The molecule has 0 unspecified atom stereocenters. The first-order valence-corrected chi connectivity index (χ1v) is 8.93. The second-order valence-electron chi connectivity index (χ2n) is 6.88. The van der Waals surface area contributed by atoms with Crippen molar-refractivity contribution in [2.75, 3.05) is 0 Å². The Morgan fingerprint density at radius 1 is 0.955 bits per heavy atom. The summed E-state index contributed by atoms with van der Waals surface area (Å²) in [5.74, 6) is 0.381. The molecule has 2 aromatic carbocycles. The fourth-order valence-electron chi connectivity index (χ4n) is 3.05. The van der Waals surface area contributed by atoms with Gasteiger partial charge in [0, 0.05) is 17.3 Å². The lowest BCUT2D eigenvalue weighted by Gasteiger charge is -2.26. The molecule has 3 heteroatoms. The van der Waals surface area contributed by atoms with Crippen LogP contribution in [0.1, 0.15) is 55.8 Å². The topological polar surface area (TPSA) is 35.1 Å². The van der Waals surface area contributed by atoms with Gasteiger partial charge in [-0.05, 0) is 43.9 Å². The van der Waals surface area contributed by atoms with Gasteiger partial charge in [0.05, 0.1) is 6.04 Å². The predicted octanol–water partition coefficient (Wildman–Crippen LogP) is 4.32. The quantitative estimate of drug-likeness (QED) is 0.857. The number of hydrogen-bond acceptors (Lipinski definition) is 2. The van der Waals surface area contributed by atoms with Gasteiger partial charge < -0.3 is 4.55 Å². The molecular weight excluding hydrogens is 290 g/mol. The van der Waals surface area contributed by atoms with Crippen LogP contribution in [0.4, 0.5) is 0 Å². The minimum absolute atomic E-state index is 0.154. The first-order chi connectivity index (χ1) is 10.5. The van der Waals surface area contributed by atoms with Crippen molar-refractivity contribution in [3.05, 3.63) is 71.3 Å². The Balaban J connectivity index is 1.89. The molecule has 0 aromatic heterocycles. The molecule has 0 heterocycles. The summed E-state index contributed by atoms with van der Waals surface area (Å²) in [5.41, 5.74) is 3.98. The Hall–Kier alpha value is -1.29. The highest BCUT2D eigenvalue weighted by Gasteiger charge is 2.37. The Morgan fingerprint density at radius 3 is 2.18 bits per heavy atom. The van der Waals surface area contributed by atoms with E-state index in [0.29, 0.717) is 5.92 Å². The van der Waals surface area contributed by atoms with Gasteiger partial charge in [0.15, 0.2) is 0 Å². The van der Waals surface area contributed by atoms with E-state index in [4.69, 9.17) is 0 Å². The summed E-state index contributed by atoms with van der Waals surface area (Å²) < 4.78 is 15.6. The maximum atomic E-state index is 12.5. The molecule has 3 atom stereocenters. The highest BCUT2D eigenvalue weighted by Crippen LogP contribution is 2.44. The summed E-state index contributed by atoms with van der Waals surface area (Å²) >= 11 is -1.06. The van der Waals surface area contributed by atoms with E-state index in [1.165, 1.54) is 16.7 Å². The van der Waals surface area contributed by atoms with Gasteiger partial charge in [-0.15, -0.1) is 4.72 Å². The van der Waals surface area contributed by atoms with Gasteiger partial charge in [0.2, 0.25) is 0 Å². The number of fused-ring (bicyclic) bond motifs is 1. The van der Waals surface area contributed by atoms with Gasteiger partial charge in [-0.3, -0.25) is 0 Å². The molecule has 3 rings (SSSR count). The largest absolute Gasteiger partial charge is 0.598 e. The second kappa shape index (κ2) is 6.07. The van der Waals surface area contributed by atoms with Crippen molar-refractivity contribution < 1.29 is 4.55 Å². The van der Waals surface area contributed by atoms with E-state index < -0.39 is 11.4 Å². The molecule has 22 heavy (non-hydrogen) atoms.